The van der Waals surface area contributed by atoms with Crippen molar-refractivity contribution < 1.29 is 23.9 Å². The second kappa shape index (κ2) is 14.0. The lowest BCUT2D eigenvalue weighted by Gasteiger charge is -2.35. The summed E-state index contributed by atoms with van der Waals surface area (Å²) in [4.78, 5) is 53.6. The molecular formula is C28H31Cl2N3O5S. The monoisotopic (exact) mass is 591 g/mol. The van der Waals surface area contributed by atoms with Crippen molar-refractivity contribution in [3.63, 3.8) is 0 Å². The van der Waals surface area contributed by atoms with E-state index in [4.69, 9.17) is 33.7 Å². The highest BCUT2D eigenvalue weighted by Gasteiger charge is 2.47. The third-order valence-corrected chi connectivity index (χ3v) is 8.43. The summed E-state index contributed by atoms with van der Waals surface area (Å²) in [6, 6.07) is 12.7. The molecule has 0 spiro atoms. The van der Waals surface area contributed by atoms with Crippen LogP contribution >= 0.6 is 35.0 Å². The Morgan fingerprint density at radius 3 is 2.38 bits per heavy atom. The van der Waals surface area contributed by atoms with Crippen LogP contribution in [0.5, 0.6) is 0 Å². The molecule has 0 bridgehead atoms. The molecule has 1 atom stereocenters. The smallest absolute Gasteiger partial charge is 0.335 e. The van der Waals surface area contributed by atoms with Crippen molar-refractivity contribution in [2.45, 2.75) is 29.7 Å². The van der Waals surface area contributed by atoms with E-state index in [1.165, 1.54) is 17.8 Å². The average molecular weight is 593 g/mol. The molecule has 11 heteroatoms. The van der Waals surface area contributed by atoms with E-state index < -0.39 is 23.2 Å². The molecule has 1 fully saturated rings. The summed E-state index contributed by atoms with van der Waals surface area (Å²) in [7, 11) is 1.14. The Morgan fingerprint density at radius 1 is 1.10 bits per heavy atom. The zero-order chi connectivity index (χ0) is 28.6. The predicted octanol–water partition coefficient (Wildman–Crippen LogP) is 3.77. The van der Waals surface area contributed by atoms with Gasteiger partial charge in [-0.3, -0.25) is 14.4 Å². The van der Waals surface area contributed by atoms with Gasteiger partial charge in [0.05, 0.1) is 30.1 Å². The molecule has 0 radical (unpaired) electrons. The SMILES string of the molecule is COC(=O)C(N)(CNC(=O)Cc1ccccc1)C(=O)C1CCN(C(=O)C=Cc2ccc(SC)c(Cl)c2Cl)CC1. The number of rotatable bonds is 10. The van der Waals surface area contributed by atoms with E-state index in [0.717, 1.165) is 17.6 Å². The average Bonchev–Trinajstić information content (AvgIpc) is 2.96. The molecule has 1 unspecified atom stereocenters. The number of nitrogens with two attached hydrogens (primary N) is 1. The number of hydrogen-bond donors (Lipinski definition) is 2. The largest absolute Gasteiger partial charge is 0.467 e. The minimum absolute atomic E-state index is 0.0828. The Morgan fingerprint density at radius 2 is 1.77 bits per heavy atom. The van der Waals surface area contributed by atoms with Crippen molar-refractivity contribution in [3.05, 3.63) is 69.7 Å². The van der Waals surface area contributed by atoms with Gasteiger partial charge in [0.1, 0.15) is 0 Å². The van der Waals surface area contributed by atoms with Crippen LogP contribution in [0.15, 0.2) is 53.4 Å². The molecule has 208 valence electrons. The van der Waals surface area contributed by atoms with Gasteiger partial charge in [-0.2, -0.15) is 0 Å². The molecule has 0 aliphatic carbocycles. The number of carbonyl (C=O) groups excluding carboxylic acids is 4. The summed E-state index contributed by atoms with van der Waals surface area (Å²) in [6.45, 7) is 0.221. The number of benzene rings is 2. The lowest BCUT2D eigenvalue weighted by atomic mass is 9.81. The minimum atomic E-state index is -2.03. The van der Waals surface area contributed by atoms with Gasteiger partial charge in [-0.15, -0.1) is 11.8 Å². The quantitative estimate of drug-likeness (QED) is 0.187. The van der Waals surface area contributed by atoms with Gasteiger partial charge >= 0.3 is 5.97 Å². The van der Waals surface area contributed by atoms with Crippen molar-refractivity contribution in [2.75, 3.05) is 33.0 Å². The third kappa shape index (κ3) is 7.63. The summed E-state index contributed by atoms with van der Waals surface area (Å²) in [5, 5.41) is 3.41. The molecule has 0 saturated carbocycles. The number of ether oxygens (including phenoxy) is 1. The summed E-state index contributed by atoms with van der Waals surface area (Å²) < 4.78 is 4.81. The van der Waals surface area contributed by atoms with E-state index in [1.807, 2.05) is 30.5 Å². The van der Waals surface area contributed by atoms with Gasteiger partial charge < -0.3 is 20.7 Å². The molecule has 0 aromatic heterocycles. The molecule has 1 heterocycles. The fraction of sp³-hybridized carbons (Fsp3) is 0.357. The number of carbonyl (C=O) groups is 4. The number of piperidine rings is 1. The van der Waals surface area contributed by atoms with Gasteiger partial charge in [0, 0.05) is 30.0 Å². The second-order valence-corrected chi connectivity index (χ2v) is 10.8. The number of Topliss-reactive ketones (excluding diaryl/α,β-unsaturated/α-hetero) is 1. The zero-order valence-electron chi connectivity index (χ0n) is 21.7. The number of likely N-dealkylation sites (tertiary alicyclic amines) is 1. The zero-order valence-corrected chi connectivity index (χ0v) is 24.1. The molecular weight excluding hydrogens is 561 g/mol. The van der Waals surface area contributed by atoms with Crippen LogP contribution < -0.4 is 11.1 Å². The number of esters is 1. The highest BCUT2D eigenvalue weighted by atomic mass is 35.5. The molecule has 2 aromatic carbocycles. The fourth-order valence-electron chi connectivity index (χ4n) is 4.35. The van der Waals surface area contributed by atoms with E-state index in [-0.39, 0.29) is 24.8 Å². The van der Waals surface area contributed by atoms with Crippen LogP contribution in [0.2, 0.25) is 10.0 Å². The van der Waals surface area contributed by atoms with Crippen molar-refractivity contribution in [1.82, 2.24) is 10.2 Å². The van der Waals surface area contributed by atoms with Crippen LogP contribution in [0.25, 0.3) is 6.08 Å². The number of halogens is 2. The summed E-state index contributed by atoms with van der Waals surface area (Å²) in [5.74, 6) is -2.61. The maximum Gasteiger partial charge on any atom is 0.335 e. The molecule has 3 N–H and O–H groups in total. The first-order valence-electron chi connectivity index (χ1n) is 12.3. The van der Waals surface area contributed by atoms with Crippen LogP contribution in [0, 0.1) is 5.92 Å². The van der Waals surface area contributed by atoms with E-state index in [0.29, 0.717) is 41.5 Å². The summed E-state index contributed by atoms with van der Waals surface area (Å²) in [5.41, 5.74) is 5.65. The number of hydrogen-bond acceptors (Lipinski definition) is 7. The third-order valence-electron chi connectivity index (χ3n) is 6.64. The lowest BCUT2D eigenvalue weighted by molar-refractivity contribution is -0.153. The standard InChI is InChI=1S/C28H31Cl2N3O5S/c1-38-27(37)28(31,17-32-22(34)16-18-6-4-3-5-7-18)26(36)20-12-14-33(15-13-20)23(35)11-9-19-8-10-21(39-2)25(30)24(19)29/h3-11,20H,12-17,31H2,1-2H3,(H,32,34). The number of nitrogens with zero attached hydrogens (tertiary/aromatic N) is 1. The first-order valence-corrected chi connectivity index (χ1v) is 14.3. The second-order valence-electron chi connectivity index (χ2n) is 9.18. The summed E-state index contributed by atoms with van der Waals surface area (Å²) in [6.07, 6.45) is 5.65. The molecule has 2 aromatic rings. The molecule has 2 amide bonds. The lowest BCUT2D eigenvalue weighted by Crippen LogP contribution is -2.64. The Balaban J connectivity index is 1.59. The summed E-state index contributed by atoms with van der Waals surface area (Å²) >= 11 is 14.1. The number of thioether (sulfide) groups is 1. The van der Waals surface area contributed by atoms with Gasteiger partial charge in [-0.1, -0.05) is 59.6 Å². The molecule has 39 heavy (non-hydrogen) atoms. The Hall–Kier alpha value is -2.85. The number of nitrogens with one attached hydrogen (secondary N) is 1. The van der Waals surface area contributed by atoms with E-state index in [1.54, 1.807) is 29.2 Å². The minimum Gasteiger partial charge on any atom is -0.467 e. The Labute approximate surface area is 242 Å². The van der Waals surface area contributed by atoms with E-state index in [2.05, 4.69) is 5.32 Å². The van der Waals surface area contributed by atoms with Gasteiger partial charge in [0.15, 0.2) is 11.3 Å². The van der Waals surface area contributed by atoms with E-state index in [9.17, 15) is 19.2 Å². The van der Waals surface area contributed by atoms with Crippen LogP contribution in [-0.4, -0.2) is 67.0 Å². The molecule has 1 aliphatic rings. The molecule has 8 nitrogen and oxygen atoms in total. The maximum absolute atomic E-state index is 13.4. The van der Waals surface area contributed by atoms with Crippen LogP contribution in [-0.2, 0) is 30.3 Å². The van der Waals surface area contributed by atoms with Crippen molar-refractivity contribution in [1.29, 1.82) is 0 Å². The number of ketones is 1. The number of amides is 2. The number of methoxy groups -OCH3 is 1. The topological polar surface area (TPSA) is 119 Å². The normalized spacial score (nSPS) is 15.6. The van der Waals surface area contributed by atoms with Crippen molar-refractivity contribution in [2.24, 2.45) is 11.7 Å². The molecule has 1 aliphatic heterocycles. The van der Waals surface area contributed by atoms with Gasteiger partial charge in [-0.25, -0.2) is 4.79 Å². The Kier molecular flexibility index (Phi) is 11.0. The maximum atomic E-state index is 13.4. The molecule has 3 rings (SSSR count). The van der Waals surface area contributed by atoms with Crippen molar-refractivity contribution >= 4 is 64.6 Å². The first kappa shape index (κ1) is 30.7. The van der Waals surface area contributed by atoms with Crippen molar-refractivity contribution in [3.8, 4) is 0 Å². The van der Waals surface area contributed by atoms with Crippen LogP contribution in [0.4, 0.5) is 0 Å². The highest BCUT2D eigenvalue weighted by molar-refractivity contribution is 7.98. The van der Waals surface area contributed by atoms with Gasteiger partial charge in [0.2, 0.25) is 11.8 Å². The fourth-order valence-corrected chi connectivity index (χ4v) is 5.52. The van der Waals surface area contributed by atoms with Crippen LogP contribution in [0.1, 0.15) is 24.0 Å². The molecule has 1 saturated heterocycles. The van der Waals surface area contributed by atoms with Gasteiger partial charge in [0.25, 0.3) is 0 Å². The van der Waals surface area contributed by atoms with Crippen LogP contribution in [0.3, 0.4) is 0 Å². The predicted molar refractivity (Wildman–Crippen MR) is 154 cm³/mol. The van der Waals surface area contributed by atoms with E-state index >= 15 is 0 Å². The van der Waals surface area contributed by atoms with Gasteiger partial charge in [-0.05, 0) is 42.4 Å². The first-order chi connectivity index (χ1) is 18.6. The Bertz CT molecular complexity index is 1250. The highest BCUT2D eigenvalue weighted by Crippen LogP contribution is 2.35.